The Bertz CT molecular complexity index is 626. The Morgan fingerprint density at radius 1 is 1.22 bits per heavy atom. The van der Waals surface area contributed by atoms with Crippen LogP contribution in [0.15, 0.2) is 36.8 Å². The molecule has 1 N–H and O–H groups in total. The topological polar surface area (TPSA) is 64.1 Å². The summed E-state index contributed by atoms with van der Waals surface area (Å²) < 4.78 is 5.66. The standard InChI is InChI=1S/C18H23N3O2/c1-3-17-16(12-19-13-21-17)18(22)20-10-4-5-11-23-15-8-6-14(2)7-9-15/h6-9,12-13H,3-5,10-11H2,1-2H3,(H,20,22). The van der Waals surface area contributed by atoms with Crippen molar-refractivity contribution < 1.29 is 9.53 Å². The summed E-state index contributed by atoms with van der Waals surface area (Å²) in [4.78, 5) is 20.1. The molecule has 0 aliphatic rings. The second kappa shape index (κ2) is 8.88. The maximum absolute atomic E-state index is 12.1. The van der Waals surface area contributed by atoms with Crippen LogP contribution in [0.5, 0.6) is 5.75 Å². The summed E-state index contributed by atoms with van der Waals surface area (Å²) in [6, 6.07) is 8.00. The lowest BCUT2D eigenvalue weighted by Gasteiger charge is -2.08. The van der Waals surface area contributed by atoms with E-state index in [9.17, 15) is 4.79 Å². The van der Waals surface area contributed by atoms with Crippen LogP contribution in [0.4, 0.5) is 0 Å². The van der Waals surface area contributed by atoms with E-state index in [1.165, 1.54) is 11.9 Å². The van der Waals surface area contributed by atoms with Gasteiger partial charge in [-0.15, -0.1) is 0 Å². The fourth-order valence-corrected chi connectivity index (χ4v) is 2.18. The molecule has 0 atom stereocenters. The average molecular weight is 313 g/mol. The van der Waals surface area contributed by atoms with E-state index in [1.807, 2.05) is 38.1 Å². The first-order chi connectivity index (χ1) is 11.2. The highest BCUT2D eigenvalue weighted by molar-refractivity contribution is 5.94. The summed E-state index contributed by atoms with van der Waals surface area (Å²) in [7, 11) is 0. The molecule has 0 aliphatic carbocycles. The first-order valence-corrected chi connectivity index (χ1v) is 7.97. The minimum atomic E-state index is -0.109. The fourth-order valence-electron chi connectivity index (χ4n) is 2.18. The van der Waals surface area contributed by atoms with Gasteiger partial charge in [-0.2, -0.15) is 0 Å². The molecule has 0 saturated heterocycles. The number of hydrogen-bond acceptors (Lipinski definition) is 4. The molecule has 0 aliphatic heterocycles. The monoisotopic (exact) mass is 313 g/mol. The summed E-state index contributed by atoms with van der Waals surface area (Å²) in [6.45, 7) is 5.29. The Hall–Kier alpha value is -2.43. The van der Waals surface area contributed by atoms with Gasteiger partial charge in [-0.05, 0) is 38.3 Å². The lowest BCUT2D eigenvalue weighted by molar-refractivity contribution is 0.0950. The normalized spacial score (nSPS) is 10.3. The second-order valence-corrected chi connectivity index (χ2v) is 5.36. The van der Waals surface area contributed by atoms with Crippen LogP contribution in [-0.4, -0.2) is 29.0 Å². The van der Waals surface area contributed by atoms with Gasteiger partial charge in [0.2, 0.25) is 0 Å². The Kier molecular flexibility index (Phi) is 6.54. The molecule has 23 heavy (non-hydrogen) atoms. The smallest absolute Gasteiger partial charge is 0.254 e. The van der Waals surface area contributed by atoms with Gasteiger partial charge in [-0.1, -0.05) is 24.6 Å². The highest BCUT2D eigenvalue weighted by atomic mass is 16.5. The van der Waals surface area contributed by atoms with Crippen molar-refractivity contribution in [3.05, 3.63) is 53.6 Å². The predicted molar refractivity (Wildman–Crippen MR) is 89.7 cm³/mol. The Morgan fingerprint density at radius 2 is 2.00 bits per heavy atom. The van der Waals surface area contributed by atoms with Crippen molar-refractivity contribution in [3.63, 3.8) is 0 Å². The summed E-state index contributed by atoms with van der Waals surface area (Å²) in [5.74, 6) is 0.774. The largest absolute Gasteiger partial charge is 0.494 e. The molecule has 0 radical (unpaired) electrons. The number of aryl methyl sites for hydroxylation is 2. The van der Waals surface area contributed by atoms with Crippen LogP contribution in [0.2, 0.25) is 0 Å². The molecule has 1 aromatic carbocycles. The van der Waals surface area contributed by atoms with Gasteiger partial charge in [-0.25, -0.2) is 9.97 Å². The third-order valence-electron chi connectivity index (χ3n) is 3.52. The molecule has 1 heterocycles. The van der Waals surface area contributed by atoms with E-state index in [0.717, 1.165) is 30.7 Å². The molecule has 122 valence electrons. The number of nitrogens with one attached hydrogen (secondary N) is 1. The molecule has 0 saturated carbocycles. The van der Waals surface area contributed by atoms with E-state index in [-0.39, 0.29) is 5.91 Å². The zero-order chi connectivity index (χ0) is 16.5. The Morgan fingerprint density at radius 3 is 2.74 bits per heavy atom. The number of rotatable bonds is 8. The highest BCUT2D eigenvalue weighted by Gasteiger charge is 2.10. The maximum atomic E-state index is 12.1. The van der Waals surface area contributed by atoms with Crippen LogP contribution in [0.1, 0.15) is 41.4 Å². The van der Waals surface area contributed by atoms with E-state index >= 15 is 0 Å². The van der Waals surface area contributed by atoms with Crippen molar-refractivity contribution in [1.29, 1.82) is 0 Å². The molecule has 0 bridgehead atoms. The first kappa shape index (κ1) is 16.9. The zero-order valence-corrected chi connectivity index (χ0v) is 13.7. The summed E-state index contributed by atoms with van der Waals surface area (Å²) in [5, 5.41) is 2.91. The van der Waals surface area contributed by atoms with E-state index in [1.54, 1.807) is 6.20 Å². The molecule has 0 fully saturated rings. The van der Waals surface area contributed by atoms with Crippen molar-refractivity contribution in [2.45, 2.75) is 33.1 Å². The van der Waals surface area contributed by atoms with Crippen molar-refractivity contribution in [2.24, 2.45) is 0 Å². The van der Waals surface area contributed by atoms with E-state index in [2.05, 4.69) is 15.3 Å². The molecular formula is C18H23N3O2. The highest BCUT2D eigenvalue weighted by Crippen LogP contribution is 2.11. The van der Waals surface area contributed by atoms with Gasteiger partial charge in [0, 0.05) is 12.7 Å². The number of benzene rings is 1. The van der Waals surface area contributed by atoms with Gasteiger partial charge in [0.15, 0.2) is 0 Å². The lowest BCUT2D eigenvalue weighted by atomic mass is 10.2. The molecule has 5 heteroatoms. The van der Waals surface area contributed by atoms with Crippen LogP contribution >= 0.6 is 0 Å². The maximum Gasteiger partial charge on any atom is 0.254 e. The minimum Gasteiger partial charge on any atom is -0.494 e. The Balaban J connectivity index is 1.65. The van der Waals surface area contributed by atoms with Crippen LogP contribution in [-0.2, 0) is 6.42 Å². The number of carbonyl (C=O) groups is 1. The fraction of sp³-hybridized carbons (Fsp3) is 0.389. The Labute approximate surface area is 137 Å². The number of hydrogen-bond donors (Lipinski definition) is 1. The van der Waals surface area contributed by atoms with Gasteiger partial charge in [0.25, 0.3) is 5.91 Å². The van der Waals surface area contributed by atoms with E-state index in [4.69, 9.17) is 4.74 Å². The van der Waals surface area contributed by atoms with Crippen LogP contribution < -0.4 is 10.1 Å². The van der Waals surface area contributed by atoms with Crippen molar-refractivity contribution in [3.8, 4) is 5.75 Å². The number of amides is 1. The molecule has 1 amide bonds. The molecule has 0 spiro atoms. The molecule has 0 unspecified atom stereocenters. The number of nitrogens with zero attached hydrogens (tertiary/aromatic N) is 2. The second-order valence-electron chi connectivity index (χ2n) is 5.36. The van der Waals surface area contributed by atoms with E-state index < -0.39 is 0 Å². The zero-order valence-electron chi connectivity index (χ0n) is 13.7. The molecule has 2 rings (SSSR count). The molecule has 2 aromatic rings. The van der Waals surface area contributed by atoms with Crippen LogP contribution in [0, 0.1) is 6.92 Å². The predicted octanol–water partition coefficient (Wildman–Crippen LogP) is 2.94. The summed E-state index contributed by atoms with van der Waals surface area (Å²) >= 11 is 0. The van der Waals surface area contributed by atoms with Gasteiger partial charge >= 0.3 is 0 Å². The number of aromatic nitrogens is 2. The van der Waals surface area contributed by atoms with E-state index in [0.29, 0.717) is 18.7 Å². The molecule has 5 nitrogen and oxygen atoms in total. The SMILES string of the molecule is CCc1ncncc1C(=O)NCCCCOc1ccc(C)cc1. The summed E-state index contributed by atoms with van der Waals surface area (Å²) in [5.41, 5.74) is 2.56. The minimum absolute atomic E-state index is 0.109. The van der Waals surface area contributed by atoms with Gasteiger partial charge in [0.1, 0.15) is 12.1 Å². The summed E-state index contributed by atoms with van der Waals surface area (Å²) in [6.07, 6.45) is 5.52. The van der Waals surface area contributed by atoms with Gasteiger partial charge in [0.05, 0.1) is 17.9 Å². The lowest BCUT2D eigenvalue weighted by Crippen LogP contribution is -2.26. The van der Waals surface area contributed by atoms with Gasteiger partial charge in [-0.3, -0.25) is 4.79 Å². The average Bonchev–Trinajstić information content (AvgIpc) is 2.59. The number of ether oxygens (including phenoxy) is 1. The molecular weight excluding hydrogens is 290 g/mol. The van der Waals surface area contributed by atoms with Crippen LogP contribution in [0.3, 0.4) is 0 Å². The van der Waals surface area contributed by atoms with Crippen LogP contribution in [0.25, 0.3) is 0 Å². The van der Waals surface area contributed by atoms with Crippen molar-refractivity contribution in [1.82, 2.24) is 15.3 Å². The number of unbranched alkanes of at least 4 members (excludes halogenated alkanes) is 1. The quantitative estimate of drug-likeness (QED) is 0.761. The van der Waals surface area contributed by atoms with Gasteiger partial charge < -0.3 is 10.1 Å². The van der Waals surface area contributed by atoms with Crippen molar-refractivity contribution >= 4 is 5.91 Å². The number of carbonyl (C=O) groups excluding carboxylic acids is 1. The third-order valence-corrected chi connectivity index (χ3v) is 3.52. The molecule has 1 aromatic heterocycles. The first-order valence-electron chi connectivity index (χ1n) is 7.97. The third kappa shape index (κ3) is 5.36. The van der Waals surface area contributed by atoms with Crippen molar-refractivity contribution in [2.75, 3.05) is 13.2 Å².